The summed E-state index contributed by atoms with van der Waals surface area (Å²) in [7, 11) is 0. The van der Waals surface area contributed by atoms with Crippen molar-refractivity contribution in [2.24, 2.45) is 0 Å². The lowest BCUT2D eigenvalue weighted by Gasteiger charge is -2.21. The minimum atomic E-state index is 0.438. The predicted octanol–water partition coefficient (Wildman–Crippen LogP) is 13.7. The molecule has 0 unspecified atom stereocenters. The fraction of sp³-hybridized carbons (Fsp3) is 0. The Kier molecular flexibility index (Phi) is 7.80. The summed E-state index contributed by atoms with van der Waals surface area (Å²) in [4.78, 5) is 10.5. The van der Waals surface area contributed by atoms with Gasteiger partial charge in [-0.25, -0.2) is 9.97 Å². The van der Waals surface area contributed by atoms with Gasteiger partial charge in [0.25, 0.3) is 0 Å². The molecule has 0 aliphatic heterocycles. The second-order valence-corrected chi connectivity index (χ2v) is 14.4. The third-order valence-electron chi connectivity index (χ3n) is 11.1. The summed E-state index contributed by atoms with van der Waals surface area (Å²) in [6, 6.07) is 69.1. The van der Waals surface area contributed by atoms with Gasteiger partial charge in [-0.2, -0.15) is 5.26 Å². The monoisotopic (exact) mass is 740 g/mol. The molecule has 0 fully saturated rings. The Morgan fingerprint density at radius 3 is 1.50 bits per heavy atom. The van der Waals surface area contributed by atoms with Crippen LogP contribution in [-0.4, -0.2) is 14.5 Å². The summed E-state index contributed by atoms with van der Waals surface area (Å²) in [5.41, 5.74) is 13.3. The second kappa shape index (κ2) is 13.6. The molecule has 8 aromatic carbocycles. The van der Waals surface area contributed by atoms with Gasteiger partial charge in [0.2, 0.25) is 0 Å². The number of hydrogen-bond acceptors (Lipinski definition) is 4. The van der Waals surface area contributed by atoms with E-state index in [2.05, 4.69) is 120 Å². The normalized spacial score (nSPS) is 11.4. The molecule has 0 N–H and O–H groups in total. The zero-order valence-electron chi connectivity index (χ0n) is 31.2. The van der Waals surface area contributed by atoms with Crippen molar-refractivity contribution >= 4 is 43.7 Å². The van der Waals surface area contributed by atoms with E-state index in [1.54, 1.807) is 0 Å². The quantitative estimate of drug-likeness (QED) is 0.170. The van der Waals surface area contributed by atoms with E-state index in [4.69, 9.17) is 14.4 Å². The lowest BCUT2D eigenvalue weighted by atomic mass is 9.92. The molecular formula is C53H32N4O. The molecule has 11 aromatic rings. The molecule has 5 nitrogen and oxygen atoms in total. The number of nitrogens with zero attached hydrogens (tertiary/aromatic N) is 4. The Morgan fingerprint density at radius 2 is 0.931 bits per heavy atom. The van der Waals surface area contributed by atoms with E-state index >= 15 is 0 Å². The highest BCUT2D eigenvalue weighted by molar-refractivity contribution is 6.27. The van der Waals surface area contributed by atoms with Crippen LogP contribution < -0.4 is 0 Å². The van der Waals surface area contributed by atoms with E-state index in [0.717, 1.165) is 88.4 Å². The summed E-state index contributed by atoms with van der Waals surface area (Å²) < 4.78 is 8.85. The van der Waals surface area contributed by atoms with E-state index in [9.17, 15) is 5.26 Å². The van der Waals surface area contributed by atoms with E-state index < -0.39 is 0 Å². The van der Waals surface area contributed by atoms with Crippen molar-refractivity contribution in [3.05, 3.63) is 200 Å². The minimum absolute atomic E-state index is 0.438. The van der Waals surface area contributed by atoms with Crippen LogP contribution in [0.4, 0.5) is 0 Å². The van der Waals surface area contributed by atoms with E-state index in [0.29, 0.717) is 22.8 Å². The Morgan fingerprint density at radius 1 is 0.431 bits per heavy atom. The molecule has 3 heterocycles. The Bertz CT molecular complexity index is 3260. The Balaban J connectivity index is 1.28. The standard InChI is InChI=1S/C53H32N4O/c54-33-43-50(36-21-9-3-10-22-36)55-53(56-51(43)37-23-11-4-12-24-37)38-31-41(34-17-5-1-6-18-34)52(42(32-38)35-19-7-2-8-20-35)57-44-27-15-13-25-39(44)48-45(57)29-30-47-49(48)40-26-14-16-28-46(40)58-47/h1-32H. The average molecular weight is 741 g/mol. The van der Waals surface area contributed by atoms with Gasteiger partial charge in [0, 0.05) is 49.4 Å². The first-order valence-electron chi connectivity index (χ1n) is 19.3. The molecule has 0 atom stereocenters. The smallest absolute Gasteiger partial charge is 0.160 e. The van der Waals surface area contributed by atoms with E-state index in [1.807, 2.05) is 84.9 Å². The molecule has 0 saturated heterocycles. The van der Waals surface area contributed by atoms with Gasteiger partial charge in [0.05, 0.1) is 28.1 Å². The number of para-hydroxylation sites is 2. The number of aromatic nitrogens is 3. The van der Waals surface area contributed by atoms with Crippen LogP contribution in [-0.2, 0) is 0 Å². The van der Waals surface area contributed by atoms with Gasteiger partial charge in [-0.05, 0) is 47.5 Å². The van der Waals surface area contributed by atoms with Gasteiger partial charge in [0.15, 0.2) is 5.82 Å². The molecule has 3 aromatic heterocycles. The third kappa shape index (κ3) is 5.31. The van der Waals surface area contributed by atoms with E-state index in [-0.39, 0.29) is 0 Å². The molecular weight excluding hydrogens is 709 g/mol. The van der Waals surface area contributed by atoms with Crippen LogP contribution in [0.15, 0.2) is 199 Å². The first-order chi connectivity index (χ1) is 28.7. The van der Waals surface area contributed by atoms with Crippen molar-refractivity contribution in [3.8, 4) is 67.9 Å². The first kappa shape index (κ1) is 33.3. The summed E-state index contributed by atoms with van der Waals surface area (Å²) in [6.07, 6.45) is 0. The Labute approximate surface area is 334 Å². The number of fused-ring (bicyclic) bond motifs is 7. The molecule has 5 heteroatoms. The minimum Gasteiger partial charge on any atom is -0.456 e. The molecule has 0 spiro atoms. The summed E-state index contributed by atoms with van der Waals surface area (Å²) in [5, 5.41) is 15.1. The molecule has 0 aliphatic rings. The molecule has 58 heavy (non-hydrogen) atoms. The highest BCUT2D eigenvalue weighted by Crippen LogP contribution is 2.46. The van der Waals surface area contributed by atoms with Crippen molar-refractivity contribution in [3.63, 3.8) is 0 Å². The largest absolute Gasteiger partial charge is 0.456 e. The number of nitriles is 1. The lowest BCUT2D eigenvalue weighted by Crippen LogP contribution is -2.04. The topological polar surface area (TPSA) is 67.6 Å². The lowest BCUT2D eigenvalue weighted by molar-refractivity contribution is 0.669. The maximum absolute atomic E-state index is 10.7. The van der Waals surface area contributed by atoms with Crippen LogP contribution in [0.25, 0.3) is 106 Å². The second-order valence-electron chi connectivity index (χ2n) is 14.4. The predicted molar refractivity (Wildman–Crippen MR) is 236 cm³/mol. The van der Waals surface area contributed by atoms with Crippen molar-refractivity contribution in [1.82, 2.24) is 14.5 Å². The number of hydrogen-bond donors (Lipinski definition) is 0. The Hall–Kier alpha value is -8.07. The highest BCUT2D eigenvalue weighted by atomic mass is 16.3. The van der Waals surface area contributed by atoms with Gasteiger partial charge >= 0.3 is 0 Å². The van der Waals surface area contributed by atoms with Crippen LogP contribution >= 0.6 is 0 Å². The van der Waals surface area contributed by atoms with Gasteiger partial charge in [-0.15, -0.1) is 0 Å². The molecule has 11 rings (SSSR count). The maximum atomic E-state index is 10.7. The van der Waals surface area contributed by atoms with Crippen LogP contribution in [0, 0.1) is 11.3 Å². The number of furan rings is 1. The highest BCUT2D eigenvalue weighted by Gasteiger charge is 2.25. The van der Waals surface area contributed by atoms with Crippen molar-refractivity contribution in [2.75, 3.05) is 0 Å². The molecule has 0 aliphatic carbocycles. The molecule has 0 saturated carbocycles. The SMILES string of the molecule is N#Cc1c(-c2ccccc2)nc(-c2cc(-c3ccccc3)c(-n3c4ccccc4c4c5c(ccc43)oc3ccccc35)c(-c3ccccc3)c2)nc1-c1ccccc1. The summed E-state index contributed by atoms with van der Waals surface area (Å²) in [6.45, 7) is 0. The van der Waals surface area contributed by atoms with Gasteiger partial charge in [-0.1, -0.05) is 158 Å². The zero-order chi connectivity index (χ0) is 38.6. The van der Waals surface area contributed by atoms with Crippen molar-refractivity contribution in [1.29, 1.82) is 5.26 Å². The van der Waals surface area contributed by atoms with Crippen LogP contribution in [0.3, 0.4) is 0 Å². The molecule has 0 bridgehead atoms. The van der Waals surface area contributed by atoms with Crippen molar-refractivity contribution < 1.29 is 4.42 Å². The maximum Gasteiger partial charge on any atom is 0.160 e. The van der Waals surface area contributed by atoms with Crippen LogP contribution in [0.1, 0.15) is 5.56 Å². The summed E-state index contributed by atoms with van der Waals surface area (Å²) >= 11 is 0. The molecule has 0 radical (unpaired) electrons. The zero-order valence-corrected chi connectivity index (χ0v) is 31.2. The average Bonchev–Trinajstić information content (AvgIpc) is 3.85. The first-order valence-corrected chi connectivity index (χ1v) is 19.3. The third-order valence-corrected chi connectivity index (χ3v) is 11.1. The van der Waals surface area contributed by atoms with Gasteiger partial charge in [-0.3, -0.25) is 0 Å². The molecule has 270 valence electrons. The molecule has 0 amide bonds. The fourth-order valence-corrected chi connectivity index (χ4v) is 8.50. The summed E-state index contributed by atoms with van der Waals surface area (Å²) in [5.74, 6) is 0.534. The number of rotatable bonds is 6. The van der Waals surface area contributed by atoms with Gasteiger partial charge in [0.1, 0.15) is 22.8 Å². The van der Waals surface area contributed by atoms with Gasteiger partial charge < -0.3 is 8.98 Å². The van der Waals surface area contributed by atoms with Crippen LogP contribution in [0.5, 0.6) is 0 Å². The van der Waals surface area contributed by atoms with E-state index in [1.165, 1.54) is 0 Å². The van der Waals surface area contributed by atoms with Crippen LogP contribution in [0.2, 0.25) is 0 Å². The number of benzene rings is 8. The fourth-order valence-electron chi connectivity index (χ4n) is 8.50. The van der Waals surface area contributed by atoms with Crippen molar-refractivity contribution in [2.45, 2.75) is 0 Å².